The van der Waals surface area contributed by atoms with Crippen LogP contribution in [0.1, 0.15) is 51.3 Å². The molecule has 0 aromatic carbocycles. The van der Waals surface area contributed by atoms with Gasteiger partial charge in [-0.2, -0.15) is 0 Å². The highest BCUT2D eigenvalue weighted by atomic mass is 32.1. The van der Waals surface area contributed by atoms with Crippen molar-refractivity contribution in [2.45, 2.75) is 64.1 Å². The van der Waals surface area contributed by atoms with Crippen LogP contribution < -0.4 is 10.6 Å². The lowest BCUT2D eigenvalue weighted by molar-refractivity contribution is -0.163. The first-order valence-electron chi connectivity index (χ1n) is 8.08. The molecular weight excluding hydrogens is 312 g/mol. The fourth-order valence-corrected chi connectivity index (χ4v) is 3.36. The third kappa shape index (κ3) is 5.32. The molecule has 2 N–H and O–H groups in total. The van der Waals surface area contributed by atoms with Gasteiger partial charge in [0, 0.05) is 4.88 Å². The Labute approximate surface area is 141 Å². The van der Waals surface area contributed by atoms with E-state index in [1.165, 1.54) is 0 Å². The zero-order valence-electron chi connectivity index (χ0n) is 14.1. The van der Waals surface area contributed by atoms with Crippen molar-refractivity contribution >= 4 is 23.2 Å². The minimum atomic E-state index is -0.715. The highest BCUT2D eigenvalue weighted by molar-refractivity contribution is 7.09. The van der Waals surface area contributed by atoms with E-state index in [2.05, 4.69) is 10.6 Å². The molecule has 1 amide bonds. The average Bonchev–Trinajstić information content (AvgIpc) is 3.13. The Hall–Kier alpha value is -1.40. The van der Waals surface area contributed by atoms with Crippen LogP contribution in [-0.4, -0.2) is 29.6 Å². The van der Waals surface area contributed by atoms with Gasteiger partial charge >= 0.3 is 5.97 Å². The van der Waals surface area contributed by atoms with E-state index in [1.54, 1.807) is 11.3 Å². The molecule has 0 unspecified atom stereocenters. The van der Waals surface area contributed by atoms with Crippen LogP contribution in [-0.2, 0) is 20.9 Å². The molecule has 6 heteroatoms. The predicted octanol–water partition coefficient (Wildman–Crippen LogP) is 2.61. The summed E-state index contributed by atoms with van der Waals surface area (Å²) in [5.41, 5.74) is -1.23. The van der Waals surface area contributed by atoms with Gasteiger partial charge in [0.1, 0.15) is 11.1 Å². The van der Waals surface area contributed by atoms with Gasteiger partial charge in [0.25, 0.3) is 0 Å². The summed E-state index contributed by atoms with van der Waals surface area (Å²) in [5.74, 6) is -0.346. The largest absolute Gasteiger partial charge is 0.459 e. The molecule has 0 radical (unpaired) electrons. The van der Waals surface area contributed by atoms with Crippen molar-refractivity contribution in [2.75, 3.05) is 6.54 Å². The molecule has 128 valence electrons. The van der Waals surface area contributed by atoms with Gasteiger partial charge < -0.3 is 10.1 Å². The van der Waals surface area contributed by atoms with Gasteiger partial charge in [-0.3, -0.25) is 14.9 Å². The van der Waals surface area contributed by atoms with Gasteiger partial charge in [-0.25, -0.2) is 0 Å². The van der Waals surface area contributed by atoms with Crippen molar-refractivity contribution in [1.82, 2.24) is 10.6 Å². The minimum Gasteiger partial charge on any atom is -0.459 e. The van der Waals surface area contributed by atoms with E-state index in [0.29, 0.717) is 6.54 Å². The Morgan fingerprint density at radius 1 is 1.30 bits per heavy atom. The zero-order chi connectivity index (χ0) is 16.9. The molecule has 0 spiro atoms. The number of esters is 1. The maximum atomic E-state index is 12.5. The summed E-state index contributed by atoms with van der Waals surface area (Å²) < 4.78 is 5.54. The summed E-state index contributed by atoms with van der Waals surface area (Å²) in [6, 6.07) is 3.94. The van der Waals surface area contributed by atoms with Crippen LogP contribution in [0.4, 0.5) is 0 Å². The van der Waals surface area contributed by atoms with Crippen molar-refractivity contribution < 1.29 is 14.3 Å². The summed E-state index contributed by atoms with van der Waals surface area (Å²) in [6.07, 6.45) is 3.40. The first kappa shape index (κ1) is 17.9. The van der Waals surface area contributed by atoms with E-state index in [1.807, 2.05) is 38.3 Å². The normalized spacial score (nSPS) is 17.0. The third-order valence-corrected chi connectivity index (χ3v) is 4.75. The van der Waals surface area contributed by atoms with Crippen LogP contribution in [0.5, 0.6) is 0 Å². The van der Waals surface area contributed by atoms with Crippen molar-refractivity contribution in [2.24, 2.45) is 0 Å². The maximum absolute atomic E-state index is 12.5. The molecule has 1 aromatic heterocycles. The molecule has 1 heterocycles. The van der Waals surface area contributed by atoms with Crippen molar-refractivity contribution in [3.8, 4) is 0 Å². The van der Waals surface area contributed by atoms with Crippen molar-refractivity contribution in [3.05, 3.63) is 22.4 Å². The van der Waals surface area contributed by atoms with Crippen molar-refractivity contribution in [1.29, 1.82) is 0 Å². The first-order chi connectivity index (χ1) is 10.8. The number of hydrogen-bond donors (Lipinski definition) is 2. The number of nitrogens with one attached hydrogen (secondary N) is 2. The van der Waals surface area contributed by atoms with Crippen LogP contribution >= 0.6 is 11.3 Å². The predicted molar refractivity (Wildman–Crippen MR) is 91.2 cm³/mol. The standard InChI is InChI=1S/C17H26N2O3S/c1-16(2,3)22-15(21)17(8-4-5-9-17)19-12-14(20)18-11-13-7-6-10-23-13/h6-7,10,19H,4-5,8-9,11-12H2,1-3H3,(H,18,20). The molecule has 1 aliphatic rings. The molecule has 0 aliphatic heterocycles. The SMILES string of the molecule is CC(C)(C)OC(=O)C1(NCC(=O)NCc2cccs2)CCCC1. The van der Waals surface area contributed by atoms with Crippen LogP contribution in [0.15, 0.2) is 17.5 Å². The number of carbonyl (C=O) groups excluding carboxylic acids is 2. The summed E-state index contributed by atoms with van der Waals surface area (Å²) in [5, 5.41) is 8.02. The number of thiophene rings is 1. The lowest BCUT2D eigenvalue weighted by Gasteiger charge is -2.31. The minimum absolute atomic E-state index is 0.103. The number of rotatable bonds is 6. The van der Waals surface area contributed by atoms with Crippen LogP contribution in [0.3, 0.4) is 0 Å². The Kier molecular flexibility index (Phi) is 5.81. The van der Waals surface area contributed by atoms with Gasteiger partial charge in [0.05, 0.1) is 13.1 Å². The smallest absolute Gasteiger partial charge is 0.326 e. The summed E-state index contributed by atoms with van der Waals surface area (Å²) in [4.78, 5) is 25.7. The van der Waals surface area contributed by atoms with Crippen LogP contribution in [0, 0.1) is 0 Å². The number of ether oxygens (including phenoxy) is 1. The van der Waals surface area contributed by atoms with Gasteiger partial charge in [0.2, 0.25) is 5.91 Å². The van der Waals surface area contributed by atoms with Crippen LogP contribution in [0.25, 0.3) is 0 Å². The second-order valence-electron chi connectivity index (χ2n) is 7.00. The monoisotopic (exact) mass is 338 g/mol. The van der Waals surface area contributed by atoms with E-state index in [-0.39, 0.29) is 18.4 Å². The average molecular weight is 338 g/mol. The first-order valence-corrected chi connectivity index (χ1v) is 8.96. The molecule has 1 fully saturated rings. The van der Waals surface area contributed by atoms with Gasteiger partial charge in [-0.15, -0.1) is 11.3 Å². The third-order valence-electron chi connectivity index (χ3n) is 3.87. The van der Waals surface area contributed by atoms with Gasteiger partial charge in [-0.05, 0) is 45.1 Å². The quantitative estimate of drug-likeness (QED) is 0.783. The number of carbonyl (C=O) groups is 2. The van der Waals surface area contributed by atoms with E-state index in [9.17, 15) is 9.59 Å². The second-order valence-corrected chi connectivity index (χ2v) is 8.03. The van der Waals surface area contributed by atoms with Gasteiger partial charge in [-0.1, -0.05) is 18.9 Å². The molecule has 1 aromatic rings. The molecule has 1 saturated carbocycles. The molecular formula is C17H26N2O3S. The lowest BCUT2D eigenvalue weighted by atomic mass is 9.97. The molecule has 0 atom stereocenters. The van der Waals surface area contributed by atoms with E-state index in [0.717, 1.165) is 30.6 Å². The molecule has 0 bridgehead atoms. The fraction of sp³-hybridized carbons (Fsp3) is 0.647. The Morgan fingerprint density at radius 2 is 2.00 bits per heavy atom. The fourth-order valence-electron chi connectivity index (χ4n) is 2.72. The molecule has 23 heavy (non-hydrogen) atoms. The number of amides is 1. The Bertz CT molecular complexity index is 529. The van der Waals surface area contributed by atoms with E-state index < -0.39 is 11.1 Å². The molecule has 0 saturated heterocycles. The maximum Gasteiger partial charge on any atom is 0.326 e. The molecule has 1 aliphatic carbocycles. The summed E-state index contributed by atoms with van der Waals surface area (Å²) >= 11 is 1.61. The Balaban J connectivity index is 1.86. The van der Waals surface area contributed by atoms with E-state index in [4.69, 9.17) is 4.74 Å². The summed E-state index contributed by atoms with van der Waals surface area (Å²) in [7, 11) is 0. The summed E-state index contributed by atoms with van der Waals surface area (Å²) in [6.45, 7) is 6.24. The zero-order valence-corrected chi connectivity index (χ0v) is 14.9. The highest BCUT2D eigenvalue weighted by Gasteiger charge is 2.43. The van der Waals surface area contributed by atoms with E-state index >= 15 is 0 Å². The van der Waals surface area contributed by atoms with Crippen LogP contribution in [0.2, 0.25) is 0 Å². The molecule has 2 rings (SSSR count). The lowest BCUT2D eigenvalue weighted by Crippen LogP contribution is -2.55. The van der Waals surface area contributed by atoms with Gasteiger partial charge in [0.15, 0.2) is 0 Å². The van der Waals surface area contributed by atoms with Crippen molar-refractivity contribution in [3.63, 3.8) is 0 Å². The highest BCUT2D eigenvalue weighted by Crippen LogP contribution is 2.32. The topological polar surface area (TPSA) is 67.4 Å². The number of hydrogen-bond acceptors (Lipinski definition) is 5. The molecule has 5 nitrogen and oxygen atoms in total. The Morgan fingerprint density at radius 3 is 2.57 bits per heavy atom. The second kappa shape index (κ2) is 7.45.